The van der Waals surface area contributed by atoms with E-state index in [1.54, 1.807) is 19.3 Å². The van der Waals surface area contributed by atoms with E-state index in [4.69, 9.17) is 9.47 Å². The maximum Gasteiger partial charge on any atom is 0.305 e. The lowest BCUT2D eigenvalue weighted by Gasteiger charge is -2.13. The number of aromatic nitrogens is 2. The van der Waals surface area contributed by atoms with E-state index in [1.807, 2.05) is 31.2 Å². The summed E-state index contributed by atoms with van der Waals surface area (Å²) in [5.74, 6) is 1.21. The molecule has 0 amide bonds. The topological polar surface area (TPSA) is 61.3 Å². The standard InChI is InChI=1S/C22H30N2O3/c1-4-6-7-8-13-26-20-15-23-22(24-16-20)19-11-9-18(10-12-19)14-17(3)27-21(25)5-2/h9-12,15-17H,4-8,13-14H2,1-3H3. The first-order chi connectivity index (χ1) is 13.1. The predicted octanol–water partition coefficient (Wildman–Crippen LogP) is 4.99. The molecule has 1 atom stereocenters. The highest BCUT2D eigenvalue weighted by Crippen LogP contribution is 2.18. The van der Waals surface area contributed by atoms with Crippen LogP contribution in [0.5, 0.6) is 5.75 Å². The van der Waals surface area contributed by atoms with Crippen LogP contribution < -0.4 is 4.74 Å². The molecule has 1 unspecified atom stereocenters. The molecule has 1 aromatic heterocycles. The summed E-state index contributed by atoms with van der Waals surface area (Å²) in [6.07, 6.45) is 9.13. The van der Waals surface area contributed by atoms with Crippen molar-refractivity contribution in [3.05, 3.63) is 42.2 Å². The van der Waals surface area contributed by atoms with E-state index >= 15 is 0 Å². The highest BCUT2D eigenvalue weighted by atomic mass is 16.5. The number of hydrogen-bond donors (Lipinski definition) is 0. The summed E-state index contributed by atoms with van der Waals surface area (Å²) in [6, 6.07) is 8.02. The van der Waals surface area contributed by atoms with E-state index in [0.717, 1.165) is 17.5 Å². The van der Waals surface area contributed by atoms with Crippen LogP contribution in [-0.4, -0.2) is 28.6 Å². The van der Waals surface area contributed by atoms with Gasteiger partial charge in [-0.2, -0.15) is 0 Å². The van der Waals surface area contributed by atoms with Gasteiger partial charge in [-0.15, -0.1) is 0 Å². The third kappa shape index (κ3) is 7.37. The van der Waals surface area contributed by atoms with Gasteiger partial charge in [0.25, 0.3) is 0 Å². The molecular formula is C22H30N2O3. The van der Waals surface area contributed by atoms with Crippen LogP contribution in [0.25, 0.3) is 11.4 Å². The SMILES string of the molecule is CCCCCCOc1cnc(-c2ccc(CC(C)OC(=O)CC)cc2)nc1. The molecule has 0 N–H and O–H groups in total. The molecule has 0 bridgehead atoms. The number of benzene rings is 1. The summed E-state index contributed by atoms with van der Waals surface area (Å²) in [4.78, 5) is 20.1. The molecular weight excluding hydrogens is 340 g/mol. The second kappa shape index (κ2) is 11.3. The smallest absolute Gasteiger partial charge is 0.305 e. The van der Waals surface area contributed by atoms with Crippen molar-refractivity contribution >= 4 is 5.97 Å². The van der Waals surface area contributed by atoms with Gasteiger partial charge < -0.3 is 9.47 Å². The van der Waals surface area contributed by atoms with Crippen LogP contribution in [-0.2, 0) is 16.0 Å². The van der Waals surface area contributed by atoms with Gasteiger partial charge in [0.15, 0.2) is 11.6 Å². The van der Waals surface area contributed by atoms with Crippen LogP contribution in [0, 0.1) is 0 Å². The Bertz CT molecular complexity index is 684. The van der Waals surface area contributed by atoms with Crippen LogP contribution in [0.4, 0.5) is 0 Å². The number of rotatable bonds is 11. The molecule has 0 aliphatic carbocycles. The maximum absolute atomic E-state index is 11.3. The van der Waals surface area contributed by atoms with E-state index in [2.05, 4.69) is 16.9 Å². The Morgan fingerprint density at radius 1 is 1.04 bits per heavy atom. The summed E-state index contributed by atoms with van der Waals surface area (Å²) in [5.41, 5.74) is 2.06. The first-order valence-corrected chi connectivity index (χ1v) is 9.86. The Labute approximate surface area is 162 Å². The number of carbonyl (C=O) groups is 1. The van der Waals surface area contributed by atoms with E-state index < -0.39 is 0 Å². The lowest BCUT2D eigenvalue weighted by Crippen LogP contribution is -2.16. The molecule has 0 fully saturated rings. The van der Waals surface area contributed by atoms with Gasteiger partial charge in [0.1, 0.15) is 6.10 Å². The summed E-state index contributed by atoms with van der Waals surface area (Å²) in [5, 5.41) is 0. The zero-order valence-corrected chi connectivity index (χ0v) is 16.6. The highest BCUT2D eigenvalue weighted by molar-refractivity contribution is 5.69. The molecule has 0 saturated heterocycles. The number of hydrogen-bond acceptors (Lipinski definition) is 5. The van der Waals surface area contributed by atoms with Crippen molar-refractivity contribution in [2.75, 3.05) is 6.61 Å². The normalized spacial score (nSPS) is 11.8. The average molecular weight is 370 g/mol. The molecule has 5 nitrogen and oxygen atoms in total. The zero-order valence-electron chi connectivity index (χ0n) is 16.6. The highest BCUT2D eigenvalue weighted by Gasteiger charge is 2.09. The fraction of sp³-hybridized carbons (Fsp3) is 0.500. The molecule has 2 aromatic rings. The second-order valence-corrected chi connectivity index (χ2v) is 6.71. The quantitative estimate of drug-likeness (QED) is 0.412. The van der Waals surface area contributed by atoms with Crippen molar-refractivity contribution in [1.29, 1.82) is 0 Å². The van der Waals surface area contributed by atoms with Gasteiger partial charge in [-0.3, -0.25) is 4.79 Å². The van der Waals surface area contributed by atoms with Crippen LogP contribution >= 0.6 is 0 Å². The molecule has 0 saturated carbocycles. The molecule has 2 rings (SSSR count). The van der Waals surface area contributed by atoms with Crippen molar-refractivity contribution in [3.8, 4) is 17.1 Å². The molecule has 27 heavy (non-hydrogen) atoms. The van der Waals surface area contributed by atoms with Crippen molar-refractivity contribution in [2.45, 2.75) is 65.4 Å². The van der Waals surface area contributed by atoms with Crippen LogP contribution in [0.15, 0.2) is 36.7 Å². The summed E-state index contributed by atoms with van der Waals surface area (Å²) in [7, 11) is 0. The van der Waals surface area contributed by atoms with Crippen LogP contribution in [0.2, 0.25) is 0 Å². The van der Waals surface area contributed by atoms with Gasteiger partial charge in [-0.25, -0.2) is 9.97 Å². The summed E-state index contributed by atoms with van der Waals surface area (Å²) in [6.45, 7) is 6.61. The van der Waals surface area contributed by atoms with Gasteiger partial charge in [0, 0.05) is 18.4 Å². The Kier molecular flexibility index (Phi) is 8.75. The number of nitrogens with zero attached hydrogens (tertiary/aromatic N) is 2. The summed E-state index contributed by atoms with van der Waals surface area (Å²) >= 11 is 0. The molecule has 0 radical (unpaired) electrons. The van der Waals surface area contributed by atoms with E-state index in [9.17, 15) is 4.79 Å². The molecule has 146 valence electrons. The lowest BCUT2D eigenvalue weighted by molar-refractivity contribution is -0.147. The Balaban J connectivity index is 1.86. The number of unbranched alkanes of at least 4 members (excludes halogenated alkanes) is 3. The van der Waals surface area contributed by atoms with E-state index in [-0.39, 0.29) is 12.1 Å². The van der Waals surface area contributed by atoms with Gasteiger partial charge in [0.05, 0.1) is 19.0 Å². The van der Waals surface area contributed by atoms with E-state index in [0.29, 0.717) is 31.0 Å². The monoisotopic (exact) mass is 370 g/mol. The first kappa shape index (κ1) is 20.9. The Morgan fingerprint density at radius 3 is 2.37 bits per heavy atom. The number of ether oxygens (including phenoxy) is 2. The second-order valence-electron chi connectivity index (χ2n) is 6.71. The summed E-state index contributed by atoms with van der Waals surface area (Å²) < 4.78 is 11.0. The predicted molar refractivity (Wildman–Crippen MR) is 107 cm³/mol. The zero-order chi connectivity index (χ0) is 19.5. The number of esters is 1. The third-order valence-electron chi connectivity index (χ3n) is 4.25. The first-order valence-electron chi connectivity index (χ1n) is 9.86. The molecule has 0 aliphatic rings. The van der Waals surface area contributed by atoms with Gasteiger partial charge >= 0.3 is 5.97 Å². The maximum atomic E-state index is 11.3. The molecule has 0 spiro atoms. The Morgan fingerprint density at radius 2 is 1.74 bits per heavy atom. The van der Waals surface area contributed by atoms with E-state index in [1.165, 1.54) is 19.3 Å². The van der Waals surface area contributed by atoms with Crippen LogP contribution in [0.1, 0.15) is 58.4 Å². The fourth-order valence-electron chi connectivity index (χ4n) is 2.73. The van der Waals surface area contributed by atoms with Crippen molar-refractivity contribution < 1.29 is 14.3 Å². The van der Waals surface area contributed by atoms with Crippen molar-refractivity contribution in [1.82, 2.24) is 9.97 Å². The van der Waals surface area contributed by atoms with Crippen molar-refractivity contribution in [3.63, 3.8) is 0 Å². The Hall–Kier alpha value is -2.43. The minimum absolute atomic E-state index is 0.131. The lowest BCUT2D eigenvalue weighted by atomic mass is 10.1. The molecule has 1 aromatic carbocycles. The largest absolute Gasteiger partial charge is 0.490 e. The van der Waals surface area contributed by atoms with Crippen molar-refractivity contribution in [2.24, 2.45) is 0 Å². The minimum atomic E-state index is -0.166. The molecule has 1 heterocycles. The number of carbonyl (C=O) groups excluding carboxylic acids is 1. The van der Waals surface area contributed by atoms with Gasteiger partial charge in [-0.1, -0.05) is 57.4 Å². The molecule has 5 heteroatoms. The van der Waals surface area contributed by atoms with Gasteiger partial charge in [0.2, 0.25) is 0 Å². The third-order valence-corrected chi connectivity index (χ3v) is 4.25. The fourth-order valence-corrected chi connectivity index (χ4v) is 2.73. The van der Waals surface area contributed by atoms with Crippen LogP contribution in [0.3, 0.4) is 0 Å². The minimum Gasteiger partial charge on any atom is -0.490 e. The average Bonchev–Trinajstić information content (AvgIpc) is 2.69. The molecule has 0 aliphatic heterocycles. The van der Waals surface area contributed by atoms with Gasteiger partial charge in [-0.05, 0) is 18.9 Å².